The second-order valence-corrected chi connectivity index (χ2v) is 7.87. The Morgan fingerprint density at radius 2 is 2.08 bits per heavy atom. The summed E-state index contributed by atoms with van der Waals surface area (Å²) in [6.07, 6.45) is 6.30. The predicted molar refractivity (Wildman–Crippen MR) is 95.6 cm³/mol. The largest absolute Gasteiger partial charge is 0.444 e. The summed E-state index contributed by atoms with van der Waals surface area (Å²) in [5.41, 5.74) is 0.389. The van der Waals surface area contributed by atoms with Crippen molar-refractivity contribution in [3.8, 4) is 0 Å². The molecule has 0 spiro atoms. The lowest BCUT2D eigenvalue weighted by molar-refractivity contribution is 0.00957. The van der Waals surface area contributed by atoms with Crippen molar-refractivity contribution in [1.29, 1.82) is 0 Å². The van der Waals surface area contributed by atoms with E-state index in [1.807, 2.05) is 37.9 Å². The fourth-order valence-electron chi connectivity index (χ4n) is 4.08. The van der Waals surface area contributed by atoms with Crippen molar-refractivity contribution in [1.82, 2.24) is 19.9 Å². The van der Waals surface area contributed by atoms with Crippen molar-refractivity contribution in [2.75, 3.05) is 18.0 Å². The molecule has 2 saturated heterocycles. The Morgan fingerprint density at radius 3 is 2.88 bits per heavy atom. The monoisotopic (exact) mass is 343 g/mol. The highest BCUT2D eigenvalue weighted by molar-refractivity contribution is 5.87. The van der Waals surface area contributed by atoms with Crippen LogP contribution in [-0.2, 0) is 4.74 Å². The molecule has 2 aromatic heterocycles. The van der Waals surface area contributed by atoms with Gasteiger partial charge in [-0.05, 0) is 46.1 Å². The molecule has 4 rings (SSSR count). The summed E-state index contributed by atoms with van der Waals surface area (Å²) in [4.78, 5) is 28.9. The van der Waals surface area contributed by atoms with Crippen LogP contribution in [0.4, 0.5) is 10.6 Å². The quantitative estimate of drug-likeness (QED) is 0.862. The van der Waals surface area contributed by atoms with Gasteiger partial charge in [0.25, 0.3) is 0 Å². The van der Waals surface area contributed by atoms with E-state index in [1.165, 1.54) is 0 Å². The minimum absolute atomic E-state index is 0.188. The molecule has 1 amide bonds. The van der Waals surface area contributed by atoms with Gasteiger partial charge in [0.1, 0.15) is 23.4 Å². The van der Waals surface area contributed by atoms with Crippen LogP contribution in [0.1, 0.15) is 40.0 Å². The van der Waals surface area contributed by atoms with Gasteiger partial charge in [-0.15, -0.1) is 0 Å². The molecule has 0 unspecified atom stereocenters. The maximum absolute atomic E-state index is 12.6. The zero-order valence-electron chi connectivity index (χ0n) is 15.0. The van der Waals surface area contributed by atoms with Gasteiger partial charge in [-0.25, -0.2) is 14.8 Å². The van der Waals surface area contributed by atoms with Crippen molar-refractivity contribution in [3.63, 3.8) is 0 Å². The molecule has 2 aliphatic rings. The summed E-state index contributed by atoms with van der Waals surface area (Å²) in [6, 6.07) is 2.49. The van der Waals surface area contributed by atoms with Gasteiger partial charge in [-0.3, -0.25) is 0 Å². The Balaban J connectivity index is 1.59. The average molecular weight is 343 g/mol. The van der Waals surface area contributed by atoms with Crippen LogP contribution in [0.15, 0.2) is 18.6 Å². The normalized spacial score (nSPS) is 23.8. The van der Waals surface area contributed by atoms with Crippen LogP contribution in [0.25, 0.3) is 11.0 Å². The smallest absolute Gasteiger partial charge is 0.410 e. The fraction of sp³-hybridized carbons (Fsp3) is 0.611. The number of carbonyl (C=O) groups is 1. The number of aromatic nitrogens is 3. The van der Waals surface area contributed by atoms with E-state index < -0.39 is 5.60 Å². The molecular weight excluding hydrogens is 318 g/mol. The number of nitrogens with one attached hydrogen (secondary N) is 1. The SMILES string of the molecule is CC(C)(C)OC(=O)N1CCC[C@@H]2[C@H]1CCN2c1ncnc2[nH]ccc12. The Hall–Kier alpha value is -2.31. The Bertz CT molecular complexity index is 781. The van der Waals surface area contributed by atoms with E-state index in [4.69, 9.17) is 4.74 Å². The number of ether oxygens (including phenoxy) is 1. The highest BCUT2D eigenvalue weighted by Crippen LogP contribution is 2.36. The lowest BCUT2D eigenvalue weighted by Crippen LogP contribution is -2.53. The number of amides is 1. The van der Waals surface area contributed by atoms with E-state index in [0.29, 0.717) is 0 Å². The molecule has 2 aromatic rings. The van der Waals surface area contributed by atoms with E-state index >= 15 is 0 Å². The van der Waals surface area contributed by atoms with Gasteiger partial charge in [0.15, 0.2) is 0 Å². The van der Waals surface area contributed by atoms with Crippen LogP contribution < -0.4 is 4.90 Å². The highest BCUT2D eigenvalue weighted by atomic mass is 16.6. The number of likely N-dealkylation sites (tertiary alicyclic amines) is 1. The zero-order chi connectivity index (χ0) is 17.6. The number of H-pyrrole nitrogens is 1. The predicted octanol–water partition coefficient (Wildman–Crippen LogP) is 2.94. The molecule has 7 heteroatoms. The van der Waals surface area contributed by atoms with Gasteiger partial charge in [-0.2, -0.15) is 0 Å². The van der Waals surface area contributed by atoms with Gasteiger partial charge < -0.3 is 19.5 Å². The Morgan fingerprint density at radius 1 is 1.24 bits per heavy atom. The van der Waals surface area contributed by atoms with Gasteiger partial charge in [0, 0.05) is 19.3 Å². The van der Waals surface area contributed by atoms with E-state index in [2.05, 4.69) is 19.9 Å². The fourth-order valence-corrected chi connectivity index (χ4v) is 4.08. The van der Waals surface area contributed by atoms with Crippen molar-refractivity contribution in [2.24, 2.45) is 0 Å². The second kappa shape index (κ2) is 5.89. The van der Waals surface area contributed by atoms with Crippen LogP contribution in [0, 0.1) is 0 Å². The second-order valence-electron chi connectivity index (χ2n) is 7.87. The third-order valence-electron chi connectivity index (χ3n) is 5.04. The first-order valence-electron chi connectivity index (χ1n) is 8.98. The minimum Gasteiger partial charge on any atom is -0.444 e. The van der Waals surface area contributed by atoms with E-state index in [0.717, 1.165) is 49.2 Å². The Labute approximate surface area is 147 Å². The van der Waals surface area contributed by atoms with Crippen LogP contribution in [-0.4, -0.2) is 56.7 Å². The van der Waals surface area contributed by atoms with E-state index in [9.17, 15) is 4.79 Å². The highest BCUT2D eigenvalue weighted by Gasteiger charge is 2.44. The first kappa shape index (κ1) is 16.2. The maximum Gasteiger partial charge on any atom is 0.410 e. The first-order valence-corrected chi connectivity index (χ1v) is 8.98. The number of piperidine rings is 1. The molecule has 0 saturated carbocycles. The molecule has 25 heavy (non-hydrogen) atoms. The van der Waals surface area contributed by atoms with Crippen LogP contribution in [0.3, 0.4) is 0 Å². The van der Waals surface area contributed by atoms with Crippen molar-refractivity contribution >= 4 is 22.9 Å². The number of anilines is 1. The van der Waals surface area contributed by atoms with Gasteiger partial charge in [0.2, 0.25) is 0 Å². The standard InChI is InChI=1S/C18H25N5O2/c1-18(2,3)25-17(24)23-9-4-5-13-14(23)7-10-22(13)16-12-6-8-19-15(12)20-11-21-16/h6,8,11,13-14H,4-5,7,9-10H2,1-3H3,(H,19,20,21)/t13-,14-/m1/s1. The maximum atomic E-state index is 12.6. The number of hydrogen-bond donors (Lipinski definition) is 1. The zero-order valence-corrected chi connectivity index (χ0v) is 15.0. The van der Waals surface area contributed by atoms with Crippen molar-refractivity contribution in [3.05, 3.63) is 18.6 Å². The molecule has 0 radical (unpaired) electrons. The van der Waals surface area contributed by atoms with Crippen LogP contribution in [0.2, 0.25) is 0 Å². The van der Waals surface area contributed by atoms with Crippen molar-refractivity contribution in [2.45, 2.75) is 57.7 Å². The van der Waals surface area contributed by atoms with Gasteiger partial charge in [-0.1, -0.05) is 0 Å². The molecule has 1 N–H and O–H groups in total. The lowest BCUT2D eigenvalue weighted by atomic mass is 9.97. The minimum atomic E-state index is -0.466. The first-order chi connectivity index (χ1) is 11.9. The van der Waals surface area contributed by atoms with E-state index in [-0.39, 0.29) is 18.2 Å². The summed E-state index contributed by atoms with van der Waals surface area (Å²) in [7, 11) is 0. The molecule has 134 valence electrons. The number of hydrogen-bond acceptors (Lipinski definition) is 5. The lowest BCUT2D eigenvalue weighted by Gasteiger charge is -2.40. The summed E-state index contributed by atoms with van der Waals surface area (Å²) >= 11 is 0. The molecular formula is C18H25N5O2. The molecule has 0 aliphatic carbocycles. The summed E-state index contributed by atoms with van der Waals surface area (Å²) in [6.45, 7) is 7.41. The van der Waals surface area contributed by atoms with E-state index in [1.54, 1.807) is 6.33 Å². The molecule has 2 aliphatic heterocycles. The third-order valence-corrected chi connectivity index (χ3v) is 5.04. The summed E-state index contributed by atoms with van der Waals surface area (Å²) < 4.78 is 5.62. The molecule has 7 nitrogen and oxygen atoms in total. The summed E-state index contributed by atoms with van der Waals surface area (Å²) in [5, 5.41) is 1.04. The van der Waals surface area contributed by atoms with Crippen LogP contribution in [0.5, 0.6) is 0 Å². The molecule has 2 fully saturated rings. The van der Waals surface area contributed by atoms with Gasteiger partial charge >= 0.3 is 6.09 Å². The summed E-state index contributed by atoms with van der Waals surface area (Å²) in [5.74, 6) is 0.963. The molecule has 0 bridgehead atoms. The molecule has 4 heterocycles. The third kappa shape index (κ3) is 2.92. The van der Waals surface area contributed by atoms with Gasteiger partial charge in [0.05, 0.1) is 17.5 Å². The molecule has 2 atom stereocenters. The average Bonchev–Trinajstić information content (AvgIpc) is 3.19. The number of nitrogens with zero attached hydrogens (tertiary/aromatic N) is 4. The Kier molecular flexibility index (Phi) is 3.81. The number of rotatable bonds is 1. The number of aromatic amines is 1. The van der Waals surface area contributed by atoms with Crippen LogP contribution >= 0.6 is 0 Å². The number of carbonyl (C=O) groups excluding carboxylic acids is 1. The topological polar surface area (TPSA) is 74.3 Å². The molecule has 0 aromatic carbocycles. The van der Waals surface area contributed by atoms with Crippen molar-refractivity contribution < 1.29 is 9.53 Å². The number of fused-ring (bicyclic) bond motifs is 2.